The van der Waals surface area contributed by atoms with Crippen LogP contribution < -0.4 is 15.8 Å². The Morgan fingerprint density at radius 2 is 1.90 bits per heavy atom. The first-order valence-corrected chi connectivity index (χ1v) is 10.4. The van der Waals surface area contributed by atoms with Crippen LogP contribution in [0.15, 0.2) is 29.3 Å². The largest absolute Gasteiger partial charge is 0.368 e. The number of carbonyl (C=O) groups is 2. The quantitative estimate of drug-likeness (QED) is 0.825. The highest BCUT2D eigenvalue weighted by molar-refractivity contribution is 5.91. The molecule has 1 atom stereocenters. The van der Waals surface area contributed by atoms with Crippen molar-refractivity contribution in [3.05, 3.63) is 34.9 Å². The number of aromatic nitrogens is 2. The molecule has 2 aliphatic heterocycles. The molecule has 1 unspecified atom stereocenters. The summed E-state index contributed by atoms with van der Waals surface area (Å²) in [7, 11) is 0. The highest BCUT2D eigenvalue weighted by atomic mass is 16.2. The number of nitrogens with one attached hydrogen (secondary N) is 1. The molecule has 3 aliphatic rings. The molecule has 0 spiro atoms. The SMILES string of the molecule is O=C1CCC(C(=O)N2CCN(c3ccc4c(=O)n(CC5CC5)cnc4c3)CC2)N1. The second-order valence-corrected chi connectivity index (χ2v) is 8.32. The molecule has 2 aromatic rings. The molecular weight excluding hydrogens is 370 g/mol. The van der Waals surface area contributed by atoms with Gasteiger partial charge in [-0.25, -0.2) is 4.98 Å². The van der Waals surface area contributed by atoms with E-state index in [0.717, 1.165) is 25.3 Å². The summed E-state index contributed by atoms with van der Waals surface area (Å²) in [6.45, 7) is 3.45. The summed E-state index contributed by atoms with van der Waals surface area (Å²) >= 11 is 0. The van der Waals surface area contributed by atoms with Gasteiger partial charge in [0.25, 0.3) is 5.56 Å². The molecule has 0 radical (unpaired) electrons. The lowest BCUT2D eigenvalue weighted by Gasteiger charge is -2.37. The lowest BCUT2D eigenvalue weighted by molar-refractivity contribution is -0.134. The van der Waals surface area contributed by atoms with Gasteiger partial charge >= 0.3 is 0 Å². The summed E-state index contributed by atoms with van der Waals surface area (Å²) in [6.07, 6.45) is 5.09. The average Bonchev–Trinajstić information content (AvgIpc) is 3.46. The van der Waals surface area contributed by atoms with Crippen LogP contribution in [0.5, 0.6) is 0 Å². The predicted molar refractivity (Wildman–Crippen MR) is 109 cm³/mol. The van der Waals surface area contributed by atoms with E-state index in [-0.39, 0.29) is 23.4 Å². The Morgan fingerprint density at radius 3 is 2.59 bits per heavy atom. The van der Waals surface area contributed by atoms with Crippen LogP contribution >= 0.6 is 0 Å². The number of carbonyl (C=O) groups excluding carboxylic acids is 2. The number of anilines is 1. The van der Waals surface area contributed by atoms with Crippen LogP contribution in [0.1, 0.15) is 25.7 Å². The maximum Gasteiger partial charge on any atom is 0.261 e. The Morgan fingerprint density at radius 1 is 1.10 bits per heavy atom. The van der Waals surface area contributed by atoms with Gasteiger partial charge in [0.05, 0.1) is 17.2 Å². The molecule has 1 aromatic heterocycles. The zero-order valence-electron chi connectivity index (χ0n) is 16.3. The third-order valence-electron chi connectivity index (χ3n) is 6.21. The van der Waals surface area contributed by atoms with Crippen molar-refractivity contribution < 1.29 is 9.59 Å². The highest BCUT2D eigenvalue weighted by Gasteiger charge is 2.32. The molecule has 1 saturated carbocycles. The minimum absolute atomic E-state index is 0.0203. The Bertz CT molecular complexity index is 1020. The molecule has 3 fully saturated rings. The number of benzene rings is 1. The van der Waals surface area contributed by atoms with Gasteiger partial charge in [0, 0.05) is 44.8 Å². The van der Waals surface area contributed by atoms with E-state index in [1.807, 2.05) is 23.1 Å². The predicted octanol–water partition coefficient (Wildman–Crippen LogP) is 0.734. The zero-order chi connectivity index (χ0) is 20.0. The Kier molecular flexibility index (Phi) is 4.49. The summed E-state index contributed by atoms with van der Waals surface area (Å²) in [6, 6.07) is 5.44. The van der Waals surface area contributed by atoms with Crippen molar-refractivity contribution in [2.24, 2.45) is 5.92 Å². The van der Waals surface area contributed by atoms with E-state index in [1.165, 1.54) is 12.8 Å². The van der Waals surface area contributed by atoms with Crippen LogP contribution in [-0.4, -0.2) is 58.5 Å². The summed E-state index contributed by atoms with van der Waals surface area (Å²) in [5, 5.41) is 3.41. The van der Waals surface area contributed by atoms with Crippen LogP contribution in [0.4, 0.5) is 5.69 Å². The van der Waals surface area contributed by atoms with Crippen molar-refractivity contribution in [3.8, 4) is 0 Å². The van der Waals surface area contributed by atoms with Gasteiger partial charge in [0.15, 0.2) is 0 Å². The molecule has 1 aliphatic carbocycles. The van der Waals surface area contributed by atoms with E-state index in [2.05, 4.69) is 15.2 Å². The van der Waals surface area contributed by atoms with Gasteiger partial charge in [-0.2, -0.15) is 0 Å². The molecule has 0 bridgehead atoms. The number of hydrogen-bond acceptors (Lipinski definition) is 5. The molecule has 3 heterocycles. The Labute approximate surface area is 168 Å². The fraction of sp³-hybridized carbons (Fsp3) is 0.524. The lowest BCUT2D eigenvalue weighted by atomic mass is 10.1. The minimum Gasteiger partial charge on any atom is -0.368 e. The molecule has 2 amide bonds. The van der Waals surface area contributed by atoms with Gasteiger partial charge in [0.1, 0.15) is 6.04 Å². The normalized spacial score (nSPS) is 22.2. The second kappa shape index (κ2) is 7.17. The summed E-state index contributed by atoms with van der Waals surface area (Å²) in [5.41, 5.74) is 1.76. The van der Waals surface area contributed by atoms with Crippen molar-refractivity contribution in [2.45, 2.75) is 38.3 Å². The van der Waals surface area contributed by atoms with Crippen molar-refractivity contribution in [3.63, 3.8) is 0 Å². The van der Waals surface area contributed by atoms with E-state index in [0.29, 0.717) is 42.8 Å². The van der Waals surface area contributed by atoms with Gasteiger partial charge in [-0.3, -0.25) is 19.0 Å². The first-order valence-electron chi connectivity index (χ1n) is 10.4. The second-order valence-electron chi connectivity index (χ2n) is 8.32. The highest BCUT2D eigenvalue weighted by Crippen LogP contribution is 2.30. The maximum absolute atomic E-state index is 12.7. The van der Waals surface area contributed by atoms with Crippen molar-refractivity contribution in [1.29, 1.82) is 0 Å². The van der Waals surface area contributed by atoms with Gasteiger partial charge in [-0.05, 0) is 43.4 Å². The molecule has 1 N–H and O–H groups in total. The Balaban J connectivity index is 1.27. The minimum atomic E-state index is -0.364. The van der Waals surface area contributed by atoms with E-state index in [9.17, 15) is 14.4 Å². The van der Waals surface area contributed by atoms with Crippen LogP contribution in [0.3, 0.4) is 0 Å². The molecule has 29 heavy (non-hydrogen) atoms. The molecule has 8 heteroatoms. The monoisotopic (exact) mass is 395 g/mol. The number of fused-ring (bicyclic) bond motifs is 1. The van der Waals surface area contributed by atoms with E-state index < -0.39 is 0 Å². The van der Waals surface area contributed by atoms with Crippen LogP contribution in [0.25, 0.3) is 10.9 Å². The van der Waals surface area contributed by atoms with Gasteiger partial charge < -0.3 is 15.1 Å². The number of hydrogen-bond donors (Lipinski definition) is 1. The summed E-state index contributed by atoms with van der Waals surface area (Å²) < 4.78 is 1.73. The van der Waals surface area contributed by atoms with Crippen LogP contribution in [-0.2, 0) is 16.1 Å². The van der Waals surface area contributed by atoms with Gasteiger partial charge in [0.2, 0.25) is 11.8 Å². The fourth-order valence-electron chi connectivity index (χ4n) is 4.26. The molecule has 1 aromatic carbocycles. The molecule has 2 saturated heterocycles. The lowest BCUT2D eigenvalue weighted by Crippen LogP contribution is -2.53. The number of amides is 2. The van der Waals surface area contributed by atoms with Gasteiger partial charge in [-0.1, -0.05) is 0 Å². The van der Waals surface area contributed by atoms with Crippen LogP contribution in [0, 0.1) is 5.92 Å². The van der Waals surface area contributed by atoms with Gasteiger partial charge in [-0.15, -0.1) is 0 Å². The smallest absolute Gasteiger partial charge is 0.261 e. The molecule has 8 nitrogen and oxygen atoms in total. The number of nitrogens with zero attached hydrogens (tertiary/aromatic N) is 4. The maximum atomic E-state index is 12.7. The van der Waals surface area contributed by atoms with E-state index in [4.69, 9.17) is 0 Å². The number of piperazine rings is 1. The molecule has 152 valence electrons. The average molecular weight is 395 g/mol. The van der Waals surface area contributed by atoms with Crippen molar-refractivity contribution in [1.82, 2.24) is 19.8 Å². The third-order valence-corrected chi connectivity index (χ3v) is 6.21. The molecule has 5 rings (SSSR count). The molecular formula is C21H25N5O3. The van der Waals surface area contributed by atoms with Crippen molar-refractivity contribution in [2.75, 3.05) is 31.1 Å². The van der Waals surface area contributed by atoms with E-state index in [1.54, 1.807) is 10.9 Å². The summed E-state index contributed by atoms with van der Waals surface area (Å²) in [5.74, 6) is 0.608. The van der Waals surface area contributed by atoms with Crippen LogP contribution in [0.2, 0.25) is 0 Å². The first-order chi connectivity index (χ1) is 14.1. The standard InChI is InChI=1S/C21H25N5O3/c27-19-6-5-17(23-19)21(29)25-9-7-24(8-10-25)15-3-4-16-18(11-15)22-13-26(20(16)28)12-14-1-2-14/h3-4,11,13-14,17H,1-2,5-10,12H2,(H,23,27). The summed E-state index contributed by atoms with van der Waals surface area (Å²) in [4.78, 5) is 45.2. The first kappa shape index (κ1) is 18.1. The fourth-order valence-corrected chi connectivity index (χ4v) is 4.26. The zero-order valence-corrected chi connectivity index (χ0v) is 16.3. The van der Waals surface area contributed by atoms with Crippen molar-refractivity contribution >= 4 is 28.4 Å². The third kappa shape index (κ3) is 3.59. The Hall–Kier alpha value is -2.90. The number of rotatable bonds is 4. The van der Waals surface area contributed by atoms with E-state index >= 15 is 0 Å². The topological polar surface area (TPSA) is 87.5 Å².